The molecule has 0 radical (unpaired) electrons. The van der Waals surface area contributed by atoms with E-state index < -0.39 is 5.97 Å². The fourth-order valence-electron chi connectivity index (χ4n) is 1.70. The van der Waals surface area contributed by atoms with Crippen molar-refractivity contribution in [3.05, 3.63) is 18.0 Å². The second-order valence-electron chi connectivity index (χ2n) is 5.01. The van der Waals surface area contributed by atoms with Crippen LogP contribution in [0.25, 0.3) is 0 Å². The van der Waals surface area contributed by atoms with Crippen LogP contribution in [0.4, 0.5) is 0 Å². The minimum Gasteiger partial charge on any atom is -0.481 e. The van der Waals surface area contributed by atoms with Gasteiger partial charge in [0.05, 0.1) is 6.42 Å². The number of hydrogen-bond donors (Lipinski definition) is 1. The highest BCUT2D eigenvalue weighted by atomic mass is 16.4. The number of carbonyl (C=O) groups excluding carboxylic acids is 1. The number of carboxylic acid groups (broad SMARTS) is 1. The second-order valence-corrected chi connectivity index (χ2v) is 5.01. The average Bonchev–Trinajstić information content (AvgIpc) is 2.77. The molecule has 0 bridgehead atoms. The van der Waals surface area contributed by atoms with Crippen molar-refractivity contribution in [3.63, 3.8) is 0 Å². The van der Waals surface area contributed by atoms with Crippen molar-refractivity contribution in [2.45, 2.75) is 46.2 Å². The predicted molar refractivity (Wildman–Crippen MR) is 71.0 cm³/mol. The number of carboxylic acids is 1. The molecule has 1 aromatic rings. The molecule has 1 rings (SSSR count). The third-order valence-electron chi connectivity index (χ3n) is 2.81. The second kappa shape index (κ2) is 6.36. The number of aliphatic carboxylic acids is 1. The molecule has 1 N–H and O–H groups in total. The maximum Gasteiger partial charge on any atom is 0.305 e. The number of rotatable bonds is 6. The lowest BCUT2D eigenvalue weighted by atomic mass is 10.2. The van der Waals surface area contributed by atoms with Crippen LogP contribution in [-0.4, -0.2) is 44.3 Å². The van der Waals surface area contributed by atoms with Gasteiger partial charge in [0.15, 0.2) is 0 Å². The van der Waals surface area contributed by atoms with E-state index in [9.17, 15) is 9.59 Å². The largest absolute Gasteiger partial charge is 0.481 e. The highest BCUT2D eigenvalue weighted by Gasteiger charge is 2.21. The molecule has 0 atom stereocenters. The quantitative estimate of drug-likeness (QED) is 0.852. The summed E-state index contributed by atoms with van der Waals surface area (Å²) in [6.45, 7) is 7.87. The molecule has 19 heavy (non-hydrogen) atoms. The van der Waals surface area contributed by atoms with Gasteiger partial charge in [-0.25, -0.2) is 0 Å². The third-order valence-corrected chi connectivity index (χ3v) is 2.81. The molecule has 0 unspecified atom stereocenters. The van der Waals surface area contributed by atoms with Crippen LogP contribution >= 0.6 is 0 Å². The highest BCUT2D eigenvalue weighted by molar-refractivity contribution is 5.92. The smallest absolute Gasteiger partial charge is 0.305 e. The summed E-state index contributed by atoms with van der Waals surface area (Å²) < 4.78 is 1.71. The first-order valence-corrected chi connectivity index (χ1v) is 6.40. The summed E-state index contributed by atoms with van der Waals surface area (Å²) in [7, 11) is 0. The van der Waals surface area contributed by atoms with E-state index in [2.05, 4.69) is 5.10 Å². The lowest BCUT2D eigenvalue weighted by Gasteiger charge is -2.25. The number of nitrogens with zero attached hydrogens (tertiary/aromatic N) is 3. The van der Waals surface area contributed by atoms with E-state index in [0.717, 1.165) is 0 Å². The maximum absolute atomic E-state index is 12.3. The van der Waals surface area contributed by atoms with Crippen molar-refractivity contribution in [2.24, 2.45) is 0 Å². The van der Waals surface area contributed by atoms with Gasteiger partial charge in [-0.2, -0.15) is 5.10 Å². The van der Waals surface area contributed by atoms with Crippen LogP contribution < -0.4 is 0 Å². The molecule has 1 heterocycles. The first-order chi connectivity index (χ1) is 8.82. The molecule has 0 fully saturated rings. The van der Waals surface area contributed by atoms with Gasteiger partial charge >= 0.3 is 5.97 Å². The molecule has 1 amide bonds. The summed E-state index contributed by atoms with van der Waals surface area (Å²) in [6, 6.07) is 1.79. The molecule has 106 valence electrons. The van der Waals surface area contributed by atoms with Gasteiger partial charge in [0.1, 0.15) is 5.69 Å². The summed E-state index contributed by atoms with van der Waals surface area (Å²) >= 11 is 0. The topological polar surface area (TPSA) is 75.4 Å². The summed E-state index contributed by atoms with van der Waals surface area (Å²) in [5, 5.41) is 12.9. The zero-order valence-corrected chi connectivity index (χ0v) is 11.8. The lowest BCUT2D eigenvalue weighted by molar-refractivity contribution is -0.137. The fraction of sp³-hybridized carbons (Fsp3) is 0.615. The highest BCUT2D eigenvalue weighted by Crippen LogP contribution is 2.10. The van der Waals surface area contributed by atoms with Crippen LogP contribution in [-0.2, 0) is 4.79 Å². The lowest BCUT2D eigenvalue weighted by Crippen LogP contribution is -2.38. The molecule has 6 heteroatoms. The van der Waals surface area contributed by atoms with Crippen LogP contribution in [0.15, 0.2) is 12.3 Å². The van der Waals surface area contributed by atoms with E-state index in [0.29, 0.717) is 5.69 Å². The van der Waals surface area contributed by atoms with Crippen molar-refractivity contribution < 1.29 is 14.7 Å². The SMILES string of the molecule is CC(C)N(CCC(=O)O)C(=O)c1ccn(C(C)C)n1. The monoisotopic (exact) mass is 267 g/mol. The van der Waals surface area contributed by atoms with Crippen LogP contribution in [0.1, 0.15) is 50.6 Å². The Balaban J connectivity index is 2.83. The van der Waals surface area contributed by atoms with Gasteiger partial charge < -0.3 is 10.0 Å². The van der Waals surface area contributed by atoms with Gasteiger partial charge in [-0.05, 0) is 33.8 Å². The third kappa shape index (κ3) is 4.08. The molecule has 0 aromatic carbocycles. The van der Waals surface area contributed by atoms with E-state index >= 15 is 0 Å². The average molecular weight is 267 g/mol. The summed E-state index contributed by atoms with van der Waals surface area (Å²) in [4.78, 5) is 24.4. The Labute approximate surface area is 113 Å². The van der Waals surface area contributed by atoms with Crippen LogP contribution in [0.3, 0.4) is 0 Å². The van der Waals surface area contributed by atoms with Gasteiger partial charge in [0, 0.05) is 24.8 Å². The Kier molecular flexibility index (Phi) is 5.09. The van der Waals surface area contributed by atoms with Gasteiger partial charge in [-0.1, -0.05) is 0 Å². The Morgan fingerprint density at radius 1 is 1.37 bits per heavy atom. The van der Waals surface area contributed by atoms with Gasteiger partial charge in [0.2, 0.25) is 0 Å². The summed E-state index contributed by atoms with van der Waals surface area (Å²) in [6.07, 6.45) is 1.70. The van der Waals surface area contributed by atoms with Crippen molar-refractivity contribution in [1.82, 2.24) is 14.7 Å². The standard InChI is InChI=1S/C13H21N3O3/c1-9(2)15(7-6-12(17)18)13(19)11-5-8-16(14-11)10(3)4/h5,8-10H,6-7H2,1-4H3,(H,17,18). The first kappa shape index (κ1) is 15.2. The molecule has 6 nitrogen and oxygen atoms in total. The zero-order chi connectivity index (χ0) is 14.6. The summed E-state index contributed by atoms with van der Waals surface area (Å²) in [5.41, 5.74) is 0.354. The van der Waals surface area contributed by atoms with Crippen LogP contribution in [0, 0.1) is 0 Å². The minimum absolute atomic E-state index is 0.0592. The molecule has 0 spiro atoms. The van der Waals surface area contributed by atoms with Gasteiger partial charge in [-0.15, -0.1) is 0 Å². The normalized spacial score (nSPS) is 11.1. The maximum atomic E-state index is 12.3. The Bertz CT molecular complexity index is 452. The number of aromatic nitrogens is 2. The minimum atomic E-state index is -0.911. The van der Waals surface area contributed by atoms with E-state index in [1.165, 1.54) is 4.90 Å². The van der Waals surface area contributed by atoms with Crippen molar-refractivity contribution in [1.29, 1.82) is 0 Å². The number of amides is 1. The zero-order valence-electron chi connectivity index (χ0n) is 11.8. The van der Waals surface area contributed by atoms with Crippen molar-refractivity contribution in [3.8, 4) is 0 Å². The fourth-order valence-corrected chi connectivity index (χ4v) is 1.70. The Morgan fingerprint density at radius 2 is 2.00 bits per heavy atom. The molecule has 0 aliphatic heterocycles. The molecule has 1 aromatic heterocycles. The van der Waals surface area contributed by atoms with E-state index in [1.807, 2.05) is 27.7 Å². The molecular formula is C13H21N3O3. The van der Waals surface area contributed by atoms with Gasteiger partial charge in [0.25, 0.3) is 5.91 Å². The van der Waals surface area contributed by atoms with E-state index in [1.54, 1.807) is 16.9 Å². The first-order valence-electron chi connectivity index (χ1n) is 6.40. The summed E-state index contributed by atoms with van der Waals surface area (Å²) in [5.74, 6) is -1.14. The van der Waals surface area contributed by atoms with E-state index in [4.69, 9.17) is 5.11 Å². The molecule has 0 aliphatic carbocycles. The number of carbonyl (C=O) groups is 2. The van der Waals surface area contributed by atoms with Crippen molar-refractivity contribution >= 4 is 11.9 Å². The number of hydrogen-bond acceptors (Lipinski definition) is 3. The predicted octanol–water partition coefficient (Wildman–Crippen LogP) is 1.79. The Morgan fingerprint density at radius 3 is 2.42 bits per heavy atom. The van der Waals surface area contributed by atoms with Crippen LogP contribution in [0.5, 0.6) is 0 Å². The molecule has 0 saturated carbocycles. The van der Waals surface area contributed by atoms with E-state index in [-0.39, 0.29) is 31.0 Å². The molecule has 0 aliphatic rings. The van der Waals surface area contributed by atoms with Crippen molar-refractivity contribution in [2.75, 3.05) is 6.54 Å². The molecular weight excluding hydrogens is 246 g/mol. The van der Waals surface area contributed by atoms with Gasteiger partial charge in [-0.3, -0.25) is 14.3 Å². The van der Waals surface area contributed by atoms with Crippen LogP contribution in [0.2, 0.25) is 0 Å². The molecule has 0 saturated heterocycles. The Hall–Kier alpha value is -1.85.